The van der Waals surface area contributed by atoms with Gasteiger partial charge in [0.2, 0.25) is 0 Å². The van der Waals surface area contributed by atoms with Gasteiger partial charge in [-0.25, -0.2) is 4.98 Å². The largest absolute Gasteiger partial charge is 0.481 e. The summed E-state index contributed by atoms with van der Waals surface area (Å²) in [6, 6.07) is 10.0. The zero-order valence-electron chi connectivity index (χ0n) is 11.1. The van der Waals surface area contributed by atoms with E-state index in [2.05, 4.69) is 4.98 Å². The molecular formula is C15H17NO2S. The van der Waals surface area contributed by atoms with Gasteiger partial charge in [0.1, 0.15) is 0 Å². The Bertz CT molecular complexity index is 561. The van der Waals surface area contributed by atoms with Gasteiger partial charge in [-0.2, -0.15) is 0 Å². The molecule has 1 aromatic heterocycles. The Morgan fingerprint density at radius 2 is 2.00 bits per heavy atom. The lowest BCUT2D eigenvalue weighted by molar-refractivity contribution is -0.139. The molecule has 0 spiro atoms. The summed E-state index contributed by atoms with van der Waals surface area (Å²) in [6.07, 6.45) is 0.851. The molecule has 1 aromatic carbocycles. The molecule has 0 amide bonds. The minimum Gasteiger partial charge on any atom is -0.481 e. The number of rotatable bonds is 5. The summed E-state index contributed by atoms with van der Waals surface area (Å²) in [5.74, 6) is -0.759. The summed E-state index contributed by atoms with van der Waals surface area (Å²) in [5.41, 5.74) is 1.80. The summed E-state index contributed by atoms with van der Waals surface area (Å²) in [6.45, 7) is 3.93. The van der Waals surface area contributed by atoms with E-state index in [1.54, 1.807) is 11.3 Å². The van der Waals surface area contributed by atoms with Crippen molar-refractivity contribution in [1.29, 1.82) is 0 Å². The van der Waals surface area contributed by atoms with E-state index in [0.717, 1.165) is 16.3 Å². The molecule has 4 heteroatoms. The number of thiazole rings is 1. The van der Waals surface area contributed by atoms with E-state index in [-0.39, 0.29) is 11.8 Å². The lowest BCUT2D eigenvalue weighted by atomic mass is 9.86. The molecule has 1 N–H and O–H groups in total. The van der Waals surface area contributed by atoms with Crippen LogP contribution in [0.1, 0.15) is 25.3 Å². The smallest absolute Gasteiger partial charge is 0.303 e. The Morgan fingerprint density at radius 1 is 1.32 bits per heavy atom. The Balaban J connectivity index is 2.12. The van der Waals surface area contributed by atoms with Crippen LogP contribution in [0.25, 0.3) is 11.3 Å². The number of benzene rings is 1. The Labute approximate surface area is 116 Å². The second kappa shape index (κ2) is 5.53. The number of hydrogen-bond donors (Lipinski definition) is 1. The molecule has 0 aliphatic carbocycles. The van der Waals surface area contributed by atoms with Crippen LogP contribution in [-0.4, -0.2) is 16.1 Å². The summed E-state index contributed by atoms with van der Waals surface area (Å²) >= 11 is 1.59. The number of aromatic nitrogens is 1. The van der Waals surface area contributed by atoms with Crippen molar-refractivity contribution in [1.82, 2.24) is 4.98 Å². The molecule has 100 valence electrons. The number of aliphatic carboxylic acids is 1. The first-order valence-corrected chi connectivity index (χ1v) is 7.06. The van der Waals surface area contributed by atoms with E-state index in [9.17, 15) is 4.79 Å². The molecule has 2 aromatic rings. The fourth-order valence-electron chi connectivity index (χ4n) is 2.01. The average molecular weight is 275 g/mol. The Hall–Kier alpha value is -1.68. The quantitative estimate of drug-likeness (QED) is 0.901. The van der Waals surface area contributed by atoms with E-state index in [1.165, 1.54) is 0 Å². The fourth-order valence-corrected chi connectivity index (χ4v) is 3.08. The van der Waals surface area contributed by atoms with Crippen LogP contribution >= 0.6 is 11.3 Å². The third kappa shape index (κ3) is 3.89. The van der Waals surface area contributed by atoms with Gasteiger partial charge in [0.25, 0.3) is 0 Å². The van der Waals surface area contributed by atoms with E-state index in [1.807, 2.05) is 49.6 Å². The van der Waals surface area contributed by atoms with Crippen LogP contribution in [0.5, 0.6) is 0 Å². The van der Waals surface area contributed by atoms with Crippen LogP contribution in [0.4, 0.5) is 0 Å². The summed E-state index contributed by atoms with van der Waals surface area (Å²) < 4.78 is 0. The van der Waals surface area contributed by atoms with Crippen LogP contribution in [-0.2, 0) is 11.2 Å². The molecule has 0 aliphatic rings. The molecule has 0 aliphatic heterocycles. The van der Waals surface area contributed by atoms with Gasteiger partial charge in [-0.3, -0.25) is 4.79 Å². The molecule has 0 unspecified atom stereocenters. The maximum atomic E-state index is 10.8. The van der Waals surface area contributed by atoms with Crippen molar-refractivity contribution < 1.29 is 9.90 Å². The van der Waals surface area contributed by atoms with E-state index < -0.39 is 5.97 Å². The second-order valence-corrected chi connectivity index (χ2v) is 6.35. The maximum absolute atomic E-state index is 10.8. The lowest BCUT2D eigenvalue weighted by Crippen LogP contribution is -2.19. The first kappa shape index (κ1) is 13.7. The highest BCUT2D eigenvalue weighted by Gasteiger charge is 2.23. The number of carbonyl (C=O) groups is 1. The lowest BCUT2D eigenvalue weighted by Gasteiger charge is -2.20. The highest BCUT2D eigenvalue weighted by Crippen LogP contribution is 2.29. The minimum atomic E-state index is -0.759. The standard InChI is InChI=1S/C15H17NO2S/c1-15(2,9-14(17)18)8-13-16-12(10-19-13)11-6-4-3-5-7-11/h3-7,10H,8-9H2,1-2H3,(H,17,18). The van der Waals surface area contributed by atoms with Crippen LogP contribution in [0, 0.1) is 5.41 Å². The van der Waals surface area contributed by atoms with Crippen LogP contribution < -0.4 is 0 Å². The minimum absolute atomic E-state index is 0.160. The molecule has 1 heterocycles. The SMILES string of the molecule is CC(C)(CC(=O)O)Cc1nc(-c2ccccc2)cs1. The molecule has 0 radical (unpaired) electrons. The monoisotopic (exact) mass is 275 g/mol. The predicted octanol–water partition coefficient (Wildman–Crippen LogP) is 3.85. The molecule has 3 nitrogen and oxygen atoms in total. The predicted molar refractivity (Wildman–Crippen MR) is 77.3 cm³/mol. The van der Waals surface area contributed by atoms with Crippen LogP contribution in [0.3, 0.4) is 0 Å². The van der Waals surface area contributed by atoms with E-state index >= 15 is 0 Å². The first-order valence-electron chi connectivity index (χ1n) is 6.18. The second-order valence-electron chi connectivity index (χ2n) is 5.40. The van der Waals surface area contributed by atoms with Crippen molar-refractivity contribution in [3.8, 4) is 11.3 Å². The van der Waals surface area contributed by atoms with Crippen LogP contribution in [0.15, 0.2) is 35.7 Å². The number of hydrogen-bond acceptors (Lipinski definition) is 3. The van der Waals surface area contributed by atoms with E-state index in [4.69, 9.17) is 5.11 Å². The number of carboxylic acids is 1. The summed E-state index contributed by atoms with van der Waals surface area (Å²) in [4.78, 5) is 15.4. The zero-order valence-corrected chi connectivity index (χ0v) is 11.9. The molecule has 19 heavy (non-hydrogen) atoms. The van der Waals surface area contributed by atoms with Gasteiger partial charge in [-0.1, -0.05) is 44.2 Å². The van der Waals surface area contributed by atoms with Crippen LogP contribution in [0.2, 0.25) is 0 Å². The van der Waals surface area contributed by atoms with Crippen molar-refractivity contribution >= 4 is 17.3 Å². The van der Waals surface area contributed by atoms with Crippen molar-refractivity contribution in [3.63, 3.8) is 0 Å². The maximum Gasteiger partial charge on any atom is 0.303 e. The molecule has 0 bridgehead atoms. The third-order valence-electron chi connectivity index (χ3n) is 2.88. The van der Waals surface area contributed by atoms with Gasteiger partial charge in [-0.05, 0) is 5.41 Å². The number of nitrogens with zero attached hydrogens (tertiary/aromatic N) is 1. The topological polar surface area (TPSA) is 50.2 Å². The van der Waals surface area contributed by atoms with Gasteiger partial charge in [0.05, 0.1) is 17.1 Å². The van der Waals surface area contributed by atoms with Crippen molar-refractivity contribution in [2.24, 2.45) is 5.41 Å². The Kier molecular flexibility index (Phi) is 4.00. The molecule has 0 saturated heterocycles. The summed E-state index contributed by atoms with van der Waals surface area (Å²) in [7, 11) is 0. The van der Waals surface area contributed by atoms with Gasteiger partial charge in [0.15, 0.2) is 0 Å². The van der Waals surface area contributed by atoms with Crippen molar-refractivity contribution in [2.75, 3.05) is 0 Å². The zero-order chi connectivity index (χ0) is 13.9. The molecule has 0 fully saturated rings. The average Bonchev–Trinajstić information content (AvgIpc) is 2.76. The fraction of sp³-hybridized carbons (Fsp3) is 0.333. The third-order valence-corrected chi connectivity index (χ3v) is 3.73. The normalized spacial score (nSPS) is 11.5. The molecule has 2 rings (SSSR count). The van der Waals surface area contributed by atoms with Gasteiger partial charge in [-0.15, -0.1) is 11.3 Å². The molecular weight excluding hydrogens is 258 g/mol. The van der Waals surface area contributed by atoms with Gasteiger partial charge in [0, 0.05) is 17.4 Å². The van der Waals surface area contributed by atoms with Crippen molar-refractivity contribution in [3.05, 3.63) is 40.7 Å². The summed E-state index contributed by atoms with van der Waals surface area (Å²) in [5, 5.41) is 11.9. The highest BCUT2D eigenvalue weighted by atomic mass is 32.1. The Morgan fingerprint density at radius 3 is 2.63 bits per heavy atom. The first-order chi connectivity index (χ1) is 8.96. The molecule has 0 atom stereocenters. The number of carboxylic acid groups (broad SMARTS) is 1. The molecule has 0 saturated carbocycles. The van der Waals surface area contributed by atoms with Gasteiger partial charge >= 0.3 is 5.97 Å². The van der Waals surface area contributed by atoms with E-state index in [0.29, 0.717) is 6.42 Å². The van der Waals surface area contributed by atoms with Gasteiger partial charge < -0.3 is 5.11 Å². The van der Waals surface area contributed by atoms with Crippen molar-refractivity contribution in [2.45, 2.75) is 26.7 Å². The highest BCUT2D eigenvalue weighted by molar-refractivity contribution is 7.09.